The smallest absolute Gasteiger partial charge is 0.270 e. The molecule has 0 aliphatic carbocycles. The van der Waals surface area contributed by atoms with Crippen molar-refractivity contribution in [3.63, 3.8) is 0 Å². The lowest BCUT2D eigenvalue weighted by Gasteiger charge is -2.17. The number of rotatable bonds is 5. The van der Waals surface area contributed by atoms with Crippen molar-refractivity contribution in [2.24, 2.45) is 5.92 Å². The van der Waals surface area contributed by atoms with E-state index in [0.29, 0.717) is 0 Å². The molecule has 0 heterocycles. The maximum atomic E-state index is 12.5. The monoisotopic (exact) mass is 166 g/mol. The third-order valence-electron chi connectivity index (χ3n) is 1.66. The summed E-state index contributed by atoms with van der Waals surface area (Å²) < 4.78 is 25.0. The SMILES string of the molecule is CCC[C@H](C)CC(F)(F)CO. The van der Waals surface area contributed by atoms with Crippen molar-refractivity contribution < 1.29 is 13.9 Å². The van der Waals surface area contributed by atoms with Crippen LogP contribution in [0.4, 0.5) is 8.78 Å². The molecule has 0 fully saturated rings. The molecule has 0 amide bonds. The van der Waals surface area contributed by atoms with E-state index < -0.39 is 12.5 Å². The minimum Gasteiger partial charge on any atom is -0.390 e. The Morgan fingerprint density at radius 2 is 2.00 bits per heavy atom. The fourth-order valence-electron chi connectivity index (χ4n) is 1.17. The van der Waals surface area contributed by atoms with E-state index >= 15 is 0 Å². The van der Waals surface area contributed by atoms with E-state index in [1.807, 2.05) is 6.92 Å². The Hall–Kier alpha value is -0.180. The number of hydrogen-bond donors (Lipinski definition) is 1. The standard InChI is InChI=1S/C8H16F2O/c1-3-4-7(2)5-8(9,10)6-11/h7,11H,3-6H2,1-2H3/t7-/m0/s1. The third kappa shape index (κ3) is 5.13. The molecule has 0 aromatic heterocycles. The summed E-state index contributed by atoms with van der Waals surface area (Å²) in [5, 5.41) is 8.26. The van der Waals surface area contributed by atoms with E-state index in [1.54, 1.807) is 6.92 Å². The van der Waals surface area contributed by atoms with Gasteiger partial charge in [0.15, 0.2) is 0 Å². The topological polar surface area (TPSA) is 20.2 Å². The predicted molar refractivity (Wildman–Crippen MR) is 40.7 cm³/mol. The number of aliphatic hydroxyl groups excluding tert-OH is 1. The van der Waals surface area contributed by atoms with E-state index in [2.05, 4.69) is 0 Å². The van der Waals surface area contributed by atoms with Gasteiger partial charge in [0.1, 0.15) is 6.61 Å². The Morgan fingerprint density at radius 1 is 1.45 bits per heavy atom. The molecule has 0 aromatic carbocycles. The number of aliphatic hydroxyl groups is 1. The molecule has 0 rings (SSSR count). The highest BCUT2D eigenvalue weighted by Gasteiger charge is 2.29. The number of hydrogen-bond acceptors (Lipinski definition) is 1. The molecule has 1 atom stereocenters. The van der Waals surface area contributed by atoms with Gasteiger partial charge in [0, 0.05) is 6.42 Å². The van der Waals surface area contributed by atoms with Crippen LogP contribution in [0.25, 0.3) is 0 Å². The first kappa shape index (κ1) is 10.8. The van der Waals surface area contributed by atoms with Crippen LogP contribution in [0.2, 0.25) is 0 Å². The molecule has 0 bridgehead atoms. The Balaban J connectivity index is 3.64. The lowest BCUT2D eigenvalue weighted by atomic mass is 9.98. The highest BCUT2D eigenvalue weighted by molar-refractivity contribution is 4.67. The van der Waals surface area contributed by atoms with Crippen LogP contribution in [0.5, 0.6) is 0 Å². The van der Waals surface area contributed by atoms with Crippen LogP contribution in [0.3, 0.4) is 0 Å². The van der Waals surface area contributed by atoms with Gasteiger partial charge in [0.05, 0.1) is 0 Å². The average molecular weight is 166 g/mol. The molecule has 1 nitrogen and oxygen atoms in total. The van der Waals surface area contributed by atoms with Gasteiger partial charge in [-0.3, -0.25) is 0 Å². The number of alkyl halides is 2. The molecule has 0 aliphatic heterocycles. The maximum Gasteiger partial charge on any atom is 0.270 e. The summed E-state index contributed by atoms with van der Waals surface area (Å²) in [6.45, 7) is 2.72. The van der Waals surface area contributed by atoms with Crippen LogP contribution in [0.1, 0.15) is 33.1 Å². The summed E-state index contributed by atoms with van der Waals surface area (Å²) in [6.07, 6.45) is 1.52. The quantitative estimate of drug-likeness (QED) is 0.665. The van der Waals surface area contributed by atoms with Gasteiger partial charge in [-0.2, -0.15) is 0 Å². The molecule has 0 radical (unpaired) electrons. The Kier molecular flexibility index (Phi) is 4.57. The zero-order valence-electron chi connectivity index (χ0n) is 7.11. The summed E-state index contributed by atoms with van der Waals surface area (Å²) in [7, 11) is 0. The van der Waals surface area contributed by atoms with Crippen LogP contribution in [0.15, 0.2) is 0 Å². The van der Waals surface area contributed by atoms with Crippen molar-refractivity contribution in [3.8, 4) is 0 Å². The molecule has 68 valence electrons. The second-order valence-corrected chi connectivity index (χ2v) is 3.11. The summed E-state index contributed by atoms with van der Waals surface area (Å²) in [6, 6.07) is 0. The van der Waals surface area contributed by atoms with Crippen molar-refractivity contribution in [2.75, 3.05) is 6.61 Å². The summed E-state index contributed by atoms with van der Waals surface area (Å²) in [5.74, 6) is -2.88. The molecule has 1 N–H and O–H groups in total. The Labute approximate surface area is 66.4 Å². The van der Waals surface area contributed by atoms with Crippen LogP contribution in [-0.2, 0) is 0 Å². The van der Waals surface area contributed by atoms with Gasteiger partial charge in [-0.25, -0.2) is 8.78 Å². The van der Waals surface area contributed by atoms with Gasteiger partial charge in [-0.05, 0) is 5.92 Å². The molecule has 0 spiro atoms. The Bertz CT molecular complexity index is 104. The molecule has 0 unspecified atom stereocenters. The molecule has 0 aliphatic rings. The first-order chi connectivity index (χ1) is 5.02. The minimum absolute atomic E-state index is 0.00199. The van der Waals surface area contributed by atoms with Crippen molar-refractivity contribution in [1.82, 2.24) is 0 Å². The fraction of sp³-hybridized carbons (Fsp3) is 1.00. The average Bonchev–Trinajstić information content (AvgIpc) is 1.87. The van der Waals surface area contributed by atoms with E-state index in [-0.39, 0.29) is 12.3 Å². The van der Waals surface area contributed by atoms with E-state index in [1.165, 1.54) is 0 Å². The second kappa shape index (κ2) is 4.65. The van der Waals surface area contributed by atoms with Crippen molar-refractivity contribution in [2.45, 2.75) is 39.0 Å². The molecule has 0 saturated heterocycles. The predicted octanol–water partition coefficient (Wildman–Crippen LogP) is 2.44. The van der Waals surface area contributed by atoms with Gasteiger partial charge < -0.3 is 5.11 Å². The maximum absolute atomic E-state index is 12.5. The lowest BCUT2D eigenvalue weighted by molar-refractivity contribution is -0.0668. The zero-order valence-corrected chi connectivity index (χ0v) is 7.11. The highest BCUT2D eigenvalue weighted by atomic mass is 19.3. The first-order valence-electron chi connectivity index (χ1n) is 4.00. The Morgan fingerprint density at radius 3 is 2.36 bits per heavy atom. The molecule has 3 heteroatoms. The van der Waals surface area contributed by atoms with Crippen LogP contribution < -0.4 is 0 Å². The van der Waals surface area contributed by atoms with E-state index in [9.17, 15) is 8.78 Å². The van der Waals surface area contributed by atoms with Gasteiger partial charge in [0.25, 0.3) is 5.92 Å². The summed E-state index contributed by atoms with van der Waals surface area (Å²) in [4.78, 5) is 0. The second-order valence-electron chi connectivity index (χ2n) is 3.11. The number of halogens is 2. The molecular weight excluding hydrogens is 150 g/mol. The van der Waals surface area contributed by atoms with Crippen LogP contribution >= 0.6 is 0 Å². The van der Waals surface area contributed by atoms with Crippen LogP contribution in [-0.4, -0.2) is 17.6 Å². The van der Waals surface area contributed by atoms with Crippen molar-refractivity contribution >= 4 is 0 Å². The van der Waals surface area contributed by atoms with Gasteiger partial charge in [-0.1, -0.05) is 26.7 Å². The molecule has 11 heavy (non-hydrogen) atoms. The first-order valence-corrected chi connectivity index (χ1v) is 4.00. The van der Waals surface area contributed by atoms with Crippen molar-refractivity contribution in [1.29, 1.82) is 0 Å². The van der Waals surface area contributed by atoms with Gasteiger partial charge in [-0.15, -0.1) is 0 Å². The highest BCUT2D eigenvalue weighted by Crippen LogP contribution is 2.24. The minimum atomic E-state index is -2.88. The molecule has 0 aromatic rings. The normalized spacial score (nSPS) is 15.0. The van der Waals surface area contributed by atoms with Crippen LogP contribution in [0, 0.1) is 5.92 Å². The third-order valence-corrected chi connectivity index (χ3v) is 1.66. The van der Waals surface area contributed by atoms with Crippen molar-refractivity contribution in [3.05, 3.63) is 0 Å². The molecule has 0 saturated carbocycles. The van der Waals surface area contributed by atoms with E-state index in [4.69, 9.17) is 5.11 Å². The van der Waals surface area contributed by atoms with Gasteiger partial charge in [0.2, 0.25) is 0 Å². The fourth-order valence-corrected chi connectivity index (χ4v) is 1.17. The summed E-state index contributed by atoms with van der Waals surface area (Å²) >= 11 is 0. The largest absolute Gasteiger partial charge is 0.390 e. The zero-order chi connectivity index (χ0) is 8.91. The lowest BCUT2D eigenvalue weighted by Crippen LogP contribution is -2.24. The summed E-state index contributed by atoms with van der Waals surface area (Å²) in [5.41, 5.74) is 0. The van der Waals surface area contributed by atoms with Gasteiger partial charge >= 0.3 is 0 Å². The molecular formula is C8H16F2O. The van der Waals surface area contributed by atoms with E-state index in [0.717, 1.165) is 12.8 Å².